The molecule has 3 rings (SSSR count). The third-order valence-corrected chi connectivity index (χ3v) is 4.61. The fraction of sp³-hybridized carbons (Fsp3) is 0.467. The molecule has 1 fully saturated rings. The van der Waals surface area contributed by atoms with E-state index < -0.39 is 41.2 Å². The Labute approximate surface area is 141 Å². The van der Waals surface area contributed by atoms with Gasteiger partial charge in [0.1, 0.15) is 11.4 Å². The van der Waals surface area contributed by atoms with E-state index in [1.54, 1.807) is 27.7 Å². The van der Waals surface area contributed by atoms with Gasteiger partial charge in [-0.15, -0.1) is 0 Å². The fourth-order valence-electron chi connectivity index (χ4n) is 2.53. The zero-order chi connectivity index (χ0) is 18.8. The monoisotopic (exact) mass is 356 g/mol. The Bertz CT molecular complexity index is 892. The topological polar surface area (TPSA) is 73.1 Å². The first-order valence-corrected chi connectivity index (χ1v) is 7.51. The second-order valence-electron chi connectivity index (χ2n) is 6.88. The normalized spacial score (nSPS) is 19.6. The third kappa shape index (κ3) is 2.79. The van der Waals surface area contributed by atoms with E-state index in [0.717, 1.165) is 16.7 Å². The summed E-state index contributed by atoms with van der Waals surface area (Å²) in [5.74, 6) is -0.302. The molecule has 134 valence electrons. The minimum absolute atomic E-state index is 0.302. The van der Waals surface area contributed by atoms with E-state index >= 15 is 0 Å². The minimum Gasteiger partial charge on any atom is -0.508 e. The molecular formula is C15H16BF3N2O4. The van der Waals surface area contributed by atoms with Crippen molar-refractivity contribution in [2.45, 2.75) is 45.1 Å². The van der Waals surface area contributed by atoms with Crippen molar-refractivity contribution < 1.29 is 27.6 Å². The molecule has 1 saturated heterocycles. The number of fused-ring (bicyclic) bond motifs is 1. The second-order valence-corrected chi connectivity index (χ2v) is 6.88. The molecule has 6 nitrogen and oxygen atoms in total. The summed E-state index contributed by atoms with van der Waals surface area (Å²) in [5, 5.41) is 9.45. The molecule has 0 atom stereocenters. The van der Waals surface area contributed by atoms with Gasteiger partial charge in [-0.3, -0.25) is 9.20 Å². The van der Waals surface area contributed by atoms with Gasteiger partial charge in [-0.25, -0.2) is 4.98 Å². The Morgan fingerprint density at radius 3 is 2.28 bits per heavy atom. The Morgan fingerprint density at radius 2 is 1.76 bits per heavy atom. The molecule has 25 heavy (non-hydrogen) atoms. The summed E-state index contributed by atoms with van der Waals surface area (Å²) < 4.78 is 52.7. The molecule has 2 aromatic rings. The van der Waals surface area contributed by atoms with Crippen molar-refractivity contribution in [1.29, 1.82) is 0 Å². The lowest BCUT2D eigenvalue weighted by molar-refractivity contribution is -0.140. The van der Waals surface area contributed by atoms with E-state index in [9.17, 15) is 23.1 Å². The van der Waals surface area contributed by atoms with Crippen LogP contribution in [0, 0.1) is 0 Å². The van der Waals surface area contributed by atoms with Crippen LogP contribution < -0.4 is 11.0 Å². The van der Waals surface area contributed by atoms with Gasteiger partial charge in [-0.1, -0.05) is 0 Å². The largest absolute Gasteiger partial charge is 0.508 e. The smallest absolute Gasteiger partial charge is 0.502 e. The molecule has 0 bridgehead atoms. The molecule has 0 unspecified atom stereocenters. The van der Waals surface area contributed by atoms with Crippen LogP contribution >= 0.6 is 0 Å². The molecule has 0 amide bonds. The average molecular weight is 356 g/mol. The van der Waals surface area contributed by atoms with Crippen LogP contribution in [0.2, 0.25) is 0 Å². The predicted molar refractivity (Wildman–Crippen MR) is 83.8 cm³/mol. The van der Waals surface area contributed by atoms with Crippen LogP contribution in [0.4, 0.5) is 13.2 Å². The van der Waals surface area contributed by atoms with Gasteiger partial charge in [0.25, 0.3) is 5.56 Å². The van der Waals surface area contributed by atoms with E-state index in [-0.39, 0.29) is 11.4 Å². The van der Waals surface area contributed by atoms with Crippen LogP contribution in [0.3, 0.4) is 0 Å². The highest BCUT2D eigenvalue weighted by molar-refractivity contribution is 6.62. The zero-order valence-electron chi connectivity index (χ0n) is 14.0. The summed E-state index contributed by atoms with van der Waals surface area (Å²) in [6, 6.07) is 2.15. The highest BCUT2D eigenvalue weighted by Gasteiger charge is 2.55. The quantitative estimate of drug-likeness (QED) is 0.788. The van der Waals surface area contributed by atoms with Gasteiger partial charge in [0.2, 0.25) is 0 Å². The summed E-state index contributed by atoms with van der Waals surface area (Å²) in [4.78, 5) is 16.2. The van der Waals surface area contributed by atoms with Crippen molar-refractivity contribution >= 4 is 18.2 Å². The Kier molecular flexibility index (Phi) is 3.70. The highest BCUT2D eigenvalue weighted by atomic mass is 19.4. The molecular weight excluding hydrogens is 340 g/mol. The lowest BCUT2D eigenvalue weighted by Crippen LogP contribution is -2.50. The van der Waals surface area contributed by atoms with Crippen molar-refractivity contribution in [1.82, 2.24) is 9.38 Å². The maximum absolute atomic E-state index is 13.5. The standard InChI is InChI=1S/C15H16BF3N2O4/c1-13(2)14(3,4)25-16(24-13)10-11(15(17,18)19)20-9-7-8(22)5-6-21(9)12(10)23/h5-7,22H,1-4H3. The van der Waals surface area contributed by atoms with Gasteiger partial charge < -0.3 is 14.4 Å². The molecule has 0 radical (unpaired) electrons. The van der Waals surface area contributed by atoms with Gasteiger partial charge in [0.15, 0.2) is 5.69 Å². The number of nitrogens with zero attached hydrogens (tertiary/aromatic N) is 2. The number of halogens is 3. The molecule has 0 aromatic carbocycles. The molecule has 3 heterocycles. The summed E-state index contributed by atoms with van der Waals surface area (Å²) in [6.45, 7) is 6.68. The Hall–Kier alpha value is -2.07. The van der Waals surface area contributed by atoms with Crippen molar-refractivity contribution in [2.75, 3.05) is 0 Å². The van der Waals surface area contributed by atoms with E-state index in [0.29, 0.717) is 0 Å². The van der Waals surface area contributed by atoms with Gasteiger partial charge in [-0.2, -0.15) is 13.2 Å². The Morgan fingerprint density at radius 1 is 1.20 bits per heavy atom. The van der Waals surface area contributed by atoms with Crippen LogP contribution in [0.5, 0.6) is 5.75 Å². The molecule has 10 heteroatoms. The maximum atomic E-state index is 13.5. The molecule has 0 aliphatic carbocycles. The second kappa shape index (κ2) is 5.22. The number of pyridine rings is 1. The number of hydrogen-bond donors (Lipinski definition) is 1. The lowest BCUT2D eigenvalue weighted by Gasteiger charge is -2.32. The van der Waals surface area contributed by atoms with Gasteiger partial charge in [0, 0.05) is 12.3 Å². The third-order valence-electron chi connectivity index (χ3n) is 4.61. The molecule has 0 saturated carbocycles. The van der Waals surface area contributed by atoms with E-state index in [2.05, 4.69) is 4.98 Å². The molecule has 1 N–H and O–H groups in total. The average Bonchev–Trinajstić information content (AvgIpc) is 2.65. The van der Waals surface area contributed by atoms with Gasteiger partial charge in [0.05, 0.1) is 16.7 Å². The van der Waals surface area contributed by atoms with Crippen LogP contribution in [0.25, 0.3) is 5.65 Å². The van der Waals surface area contributed by atoms with Crippen molar-refractivity contribution in [2.24, 2.45) is 0 Å². The van der Waals surface area contributed by atoms with Crippen molar-refractivity contribution in [3.63, 3.8) is 0 Å². The van der Waals surface area contributed by atoms with E-state index in [1.165, 1.54) is 6.07 Å². The molecule has 2 aromatic heterocycles. The fourth-order valence-corrected chi connectivity index (χ4v) is 2.53. The summed E-state index contributed by atoms with van der Waals surface area (Å²) >= 11 is 0. The summed E-state index contributed by atoms with van der Waals surface area (Å²) in [5.41, 5.74) is -5.22. The molecule has 1 aliphatic rings. The summed E-state index contributed by atoms with van der Waals surface area (Å²) in [6.07, 6.45) is -3.74. The predicted octanol–water partition coefficient (Wildman–Crippen LogP) is 1.72. The minimum atomic E-state index is -4.89. The lowest BCUT2D eigenvalue weighted by atomic mass is 9.78. The van der Waals surface area contributed by atoms with Crippen molar-refractivity contribution in [3.05, 3.63) is 34.4 Å². The number of aromatic hydroxyl groups is 1. The SMILES string of the molecule is CC1(C)OB(c2c(C(F)(F)F)nc3cc(O)ccn3c2=O)OC1(C)C. The van der Waals surface area contributed by atoms with E-state index in [1.807, 2.05) is 0 Å². The number of rotatable bonds is 1. The van der Waals surface area contributed by atoms with Gasteiger partial charge >= 0.3 is 13.3 Å². The van der Waals surface area contributed by atoms with Crippen LogP contribution in [-0.2, 0) is 15.5 Å². The first-order chi connectivity index (χ1) is 11.3. The zero-order valence-corrected chi connectivity index (χ0v) is 14.0. The Balaban J connectivity index is 2.29. The summed E-state index contributed by atoms with van der Waals surface area (Å²) in [7, 11) is -1.51. The molecule has 1 aliphatic heterocycles. The van der Waals surface area contributed by atoms with Crippen molar-refractivity contribution in [3.8, 4) is 5.75 Å². The van der Waals surface area contributed by atoms with Gasteiger partial charge in [-0.05, 0) is 33.8 Å². The molecule has 0 spiro atoms. The maximum Gasteiger partial charge on any atom is 0.502 e. The highest BCUT2D eigenvalue weighted by Crippen LogP contribution is 2.37. The number of alkyl halides is 3. The first kappa shape index (κ1) is 17.7. The van der Waals surface area contributed by atoms with E-state index in [4.69, 9.17) is 9.31 Å². The number of aromatic nitrogens is 2. The van der Waals surface area contributed by atoms with Crippen LogP contribution in [0.15, 0.2) is 23.1 Å². The number of hydrogen-bond acceptors (Lipinski definition) is 5. The van der Waals surface area contributed by atoms with Crippen LogP contribution in [-0.4, -0.2) is 32.8 Å². The first-order valence-electron chi connectivity index (χ1n) is 7.51. The van der Waals surface area contributed by atoms with Crippen LogP contribution in [0.1, 0.15) is 33.4 Å².